The zero-order valence-electron chi connectivity index (χ0n) is 14.0. The Hall–Kier alpha value is -2.15. The first-order valence-electron chi connectivity index (χ1n) is 8.06. The van der Waals surface area contributed by atoms with E-state index in [1.807, 2.05) is 20.8 Å². The number of hydrogen-bond donors (Lipinski definition) is 1. The molecule has 128 valence electrons. The number of aromatic nitrogens is 1. The van der Waals surface area contributed by atoms with Crippen molar-refractivity contribution in [1.29, 1.82) is 0 Å². The van der Waals surface area contributed by atoms with Crippen molar-refractivity contribution in [3.63, 3.8) is 0 Å². The third-order valence-corrected chi connectivity index (χ3v) is 5.50. The maximum absolute atomic E-state index is 12.7. The van der Waals surface area contributed by atoms with Crippen LogP contribution in [0.5, 0.6) is 0 Å². The maximum atomic E-state index is 12.7. The van der Waals surface area contributed by atoms with Gasteiger partial charge in [0.1, 0.15) is 6.04 Å². The SMILES string of the molecule is Cc1nc(C)c(C(C)NC(=O)[C@@H]2CCCN2C(=O)c2ccco2)s1. The fourth-order valence-corrected chi connectivity index (χ4v) is 4.08. The second-order valence-electron chi connectivity index (χ2n) is 6.05. The first kappa shape index (κ1) is 16.7. The van der Waals surface area contributed by atoms with Gasteiger partial charge in [0, 0.05) is 11.4 Å². The minimum Gasteiger partial charge on any atom is -0.459 e. The van der Waals surface area contributed by atoms with Gasteiger partial charge in [-0.1, -0.05) is 0 Å². The van der Waals surface area contributed by atoms with Gasteiger partial charge in [0.25, 0.3) is 5.91 Å². The summed E-state index contributed by atoms with van der Waals surface area (Å²) in [6, 6.07) is 2.74. The van der Waals surface area contributed by atoms with Gasteiger partial charge in [-0.25, -0.2) is 4.98 Å². The van der Waals surface area contributed by atoms with Crippen molar-refractivity contribution in [3.05, 3.63) is 39.7 Å². The molecule has 1 saturated heterocycles. The molecule has 1 aliphatic heterocycles. The summed E-state index contributed by atoms with van der Waals surface area (Å²) in [6.45, 7) is 6.43. The fraction of sp³-hybridized carbons (Fsp3) is 0.471. The molecule has 3 heterocycles. The second kappa shape index (κ2) is 6.76. The zero-order chi connectivity index (χ0) is 17.3. The molecule has 0 saturated carbocycles. The number of hydrogen-bond acceptors (Lipinski definition) is 5. The van der Waals surface area contributed by atoms with E-state index in [4.69, 9.17) is 4.42 Å². The Bertz CT molecular complexity index is 738. The van der Waals surface area contributed by atoms with Crippen molar-refractivity contribution in [1.82, 2.24) is 15.2 Å². The Morgan fingerprint density at radius 3 is 2.88 bits per heavy atom. The van der Waals surface area contributed by atoms with Crippen LogP contribution in [0.3, 0.4) is 0 Å². The smallest absolute Gasteiger partial charge is 0.290 e. The molecule has 0 aromatic carbocycles. The zero-order valence-corrected chi connectivity index (χ0v) is 14.9. The van der Waals surface area contributed by atoms with E-state index in [-0.39, 0.29) is 23.6 Å². The first-order valence-corrected chi connectivity index (χ1v) is 8.88. The van der Waals surface area contributed by atoms with Gasteiger partial charge in [-0.05, 0) is 45.7 Å². The van der Waals surface area contributed by atoms with E-state index < -0.39 is 6.04 Å². The van der Waals surface area contributed by atoms with Crippen LogP contribution in [-0.2, 0) is 4.79 Å². The van der Waals surface area contributed by atoms with E-state index >= 15 is 0 Å². The third kappa shape index (κ3) is 3.21. The monoisotopic (exact) mass is 347 g/mol. The molecule has 2 atom stereocenters. The number of aryl methyl sites for hydroxylation is 2. The molecule has 1 N–H and O–H groups in total. The second-order valence-corrected chi connectivity index (χ2v) is 7.28. The Labute approximate surface area is 144 Å². The van der Waals surface area contributed by atoms with E-state index in [1.54, 1.807) is 28.4 Å². The van der Waals surface area contributed by atoms with Crippen LogP contribution in [0.25, 0.3) is 0 Å². The van der Waals surface area contributed by atoms with Gasteiger partial charge in [0.15, 0.2) is 5.76 Å². The van der Waals surface area contributed by atoms with Crippen LogP contribution in [0.1, 0.15) is 51.9 Å². The number of nitrogens with zero attached hydrogens (tertiary/aromatic N) is 2. The lowest BCUT2D eigenvalue weighted by molar-refractivity contribution is -0.125. The van der Waals surface area contributed by atoms with E-state index in [0.717, 1.165) is 22.0 Å². The normalized spacial score (nSPS) is 18.6. The van der Waals surface area contributed by atoms with Crippen molar-refractivity contribution >= 4 is 23.2 Å². The molecule has 0 aliphatic carbocycles. The van der Waals surface area contributed by atoms with Gasteiger partial charge >= 0.3 is 0 Å². The van der Waals surface area contributed by atoms with Gasteiger partial charge in [0.05, 0.1) is 23.0 Å². The molecule has 24 heavy (non-hydrogen) atoms. The Kier molecular flexibility index (Phi) is 4.71. The van der Waals surface area contributed by atoms with Crippen LogP contribution in [0, 0.1) is 13.8 Å². The molecular weight excluding hydrogens is 326 g/mol. The highest BCUT2D eigenvalue weighted by atomic mass is 32.1. The number of nitrogens with one attached hydrogen (secondary N) is 1. The minimum absolute atomic E-state index is 0.120. The molecule has 2 amide bonds. The summed E-state index contributed by atoms with van der Waals surface area (Å²) in [5.74, 6) is -0.0721. The highest BCUT2D eigenvalue weighted by Crippen LogP contribution is 2.26. The molecule has 1 unspecified atom stereocenters. The van der Waals surface area contributed by atoms with Crippen LogP contribution in [-0.4, -0.2) is 34.3 Å². The van der Waals surface area contributed by atoms with E-state index in [0.29, 0.717) is 13.0 Å². The Morgan fingerprint density at radius 1 is 1.46 bits per heavy atom. The lowest BCUT2D eigenvalue weighted by Crippen LogP contribution is -2.46. The lowest BCUT2D eigenvalue weighted by atomic mass is 10.1. The third-order valence-electron chi connectivity index (χ3n) is 4.24. The van der Waals surface area contributed by atoms with Crippen LogP contribution < -0.4 is 5.32 Å². The molecule has 2 aromatic heterocycles. The predicted molar refractivity (Wildman–Crippen MR) is 90.9 cm³/mol. The molecule has 6 nitrogen and oxygen atoms in total. The largest absolute Gasteiger partial charge is 0.459 e. The molecular formula is C17H21N3O3S. The van der Waals surface area contributed by atoms with Crippen molar-refractivity contribution in [2.75, 3.05) is 6.54 Å². The first-order chi connectivity index (χ1) is 11.5. The van der Waals surface area contributed by atoms with Crippen molar-refractivity contribution in [3.8, 4) is 0 Å². The number of carbonyl (C=O) groups excluding carboxylic acids is 2. The molecule has 2 aromatic rings. The van der Waals surface area contributed by atoms with Crippen LogP contribution in [0.2, 0.25) is 0 Å². The fourth-order valence-electron chi connectivity index (χ4n) is 3.15. The summed E-state index contributed by atoms with van der Waals surface area (Å²) >= 11 is 1.59. The minimum atomic E-state index is -0.445. The van der Waals surface area contributed by atoms with E-state index in [2.05, 4.69) is 10.3 Å². The standard InChI is InChI=1S/C17H21N3O3S/c1-10-15(24-12(3)18-10)11(2)19-16(21)13-6-4-8-20(13)17(22)14-7-5-9-23-14/h5,7,9,11,13H,4,6,8H2,1-3H3,(H,19,21)/t11?,13-/m0/s1. The maximum Gasteiger partial charge on any atom is 0.290 e. The Balaban J connectivity index is 1.69. The molecule has 0 bridgehead atoms. The molecule has 7 heteroatoms. The average molecular weight is 347 g/mol. The van der Waals surface area contributed by atoms with Crippen LogP contribution >= 0.6 is 11.3 Å². The summed E-state index contributed by atoms with van der Waals surface area (Å²) in [5.41, 5.74) is 0.945. The van der Waals surface area contributed by atoms with Crippen LogP contribution in [0.4, 0.5) is 0 Å². The van der Waals surface area contributed by atoms with Gasteiger partial charge in [-0.15, -0.1) is 11.3 Å². The number of thiazole rings is 1. The Morgan fingerprint density at radius 2 is 2.25 bits per heavy atom. The molecule has 0 spiro atoms. The average Bonchev–Trinajstić information content (AvgIpc) is 3.26. The summed E-state index contributed by atoms with van der Waals surface area (Å²) in [5, 5.41) is 4.01. The van der Waals surface area contributed by atoms with Crippen LogP contribution in [0.15, 0.2) is 22.8 Å². The van der Waals surface area contributed by atoms with Gasteiger partial charge in [-0.2, -0.15) is 0 Å². The molecule has 1 fully saturated rings. The predicted octanol–water partition coefficient (Wildman–Crippen LogP) is 2.83. The number of amides is 2. The van der Waals surface area contributed by atoms with Gasteiger partial charge < -0.3 is 14.6 Å². The summed E-state index contributed by atoms with van der Waals surface area (Å²) in [4.78, 5) is 32.2. The van der Waals surface area contributed by atoms with E-state index in [9.17, 15) is 9.59 Å². The number of furan rings is 1. The number of rotatable bonds is 4. The highest BCUT2D eigenvalue weighted by Gasteiger charge is 2.36. The van der Waals surface area contributed by atoms with Crippen molar-refractivity contribution < 1.29 is 14.0 Å². The van der Waals surface area contributed by atoms with Gasteiger partial charge in [0.2, 0.25) is 5.91 Å². The summed E-state index contributed by atoms with van der Waals surface area (Å²) in [6.07, 6.45) is 2.96. The molecule has 3 rings (SSSR count). The molecule has 1 aliphatic rings. The summed E-state index contributed by atoms with van der Waals surface area (Å²) < 4.78 is 5.18. The number of carbonyl (C=O) groups is 2. The van der Waals surface area contributed by atoms with Crippen molar-refractivity contribution in [2.24, 2.45) is 0 Å². The number of likely N-dealkylation sites (tertiary alicyclic amines) is 1. The topological polar surface area (TPSA) is 75.4 Å². The quantitative estimate of drug-likeness (QED) is 0.923. The summed E-state index contributed by atoms with van der Waals surface area (Å²) in [7, 11) is 0. The lowest BCUT2D eigenvalue weighted by Gasteiger charge is -2.24. The van der Waals surface area contributed by atoms with Gasteiger partial charge in [-0.3, -0.25) is 9.59 Å². The molecule has 0 radical (unpaired) electrons. The highest BCUT2D eigenvalue weighted by molar-refractivity contribution is 7.11. The van der Waals surface area contributed by atoms with Crippen molar-refractivity contribution in [2.45, 2.75) is 45.7 Å². The van der Waals surface area contributed by atoms with E-state index in [1.165, 1.54) is 6.26 Å².